The van der Waals surface area contributed by atoms with Crippen LogP contribution in [0.4, 0.5) is 21.5 Å². The van der Waals surface area contributed by atoms with Crippen LogP contribution >= 0.6 is 0 Å². The van der Waals surface area contributed by atoms with Crippen molar-refractivity contribution in [3.05, 3.63) is 58.4 Å². The van der Waals surface area contributed by atoms with Crippen LogP contribution < -0.4 is 10.2 Å². The minimum absolute atomic E-state index is 0.0141. The van der Waals surface area contributed by atoms with Crippen LogP contribution in [0.1, 0.15) is 12.8 Å². The van der Waals surface area contributed by atoms with Crippen molar-refractivity contribution in [2.24, 2.45) is 0 Å². The molecule has 9 nitrogen and oxygen atoms in total. The summed E-state index contributed by atoms with van der Waals surface area (Å²) in [7, 11) is -3.64. The summed E-state index contributed by atoms with van der Waals surface area (Å²) in [6.45, 7) is 1.94. The molecule has 4 rings (SSSR count). The maximum Gasteiger partial charge on any atom is 0.295 e. The first-order valence-electron chi connectivity index (χ1n) is 10.5. The molecule has 0 aliphatic carbocycles. The van der Waals surface area contributed by atoms with Gasteiger partial charge in [0.2, 0.25) is 10.0 Å². The fraction of sp³-hybridized carbons (Fsp3) is 0.429. The number of nitrogens with one attached hydrogen (secondary N) is 1. The van der Waals surface area contributed by atoms with E-state index in [4.69, 9.17) is 4.74 Å². The molecule has 2 saturated heterocycles. The Kier molecular flexibility index (Phi) is 6.58. The Hall–Kier alpha value is -2.76. The molecule has 2 heterocycles. The third-order valence-electron chi connectivity index (χ3n) is 5.77. The molecule has 2 fully saturated rings. The van der Waals surface area contributed by atoms with Crippen molar-refractivity contribution in [3.8, 4) is 0 Å². The van der Waals surface area contributed by atoms with Crippen LogP contribution in [0.25, 0.3) is 0 Å². The first-order valence-corrected chi connectivity index (χ1v) is 11.9. The van der Waals surface area contributed by atoms with Crippen molar-refractivity contribution in [1.82, 2.24) is 4.31 Å². The van der Waals surface area contributed by atoms with Gasteiger partial charge in [-0.15, -0.1) is 0 Å². The Labute approximate surface area is 186 Å². The minimum atomic E-state index is -3.64. The van der Waals surface area contributed by atoms with Gasteiger partial charge in [-0.25, -0.2) is 12.8 Å². The van der Waals surface area contributed by atoms with Crippen LogP contribution in [-0.2, 0) is 14.8 Å². The molecule has 11 heteroatoms. The number of benzene rings is 2. The van der Waals surface area contributed by atoms with Gasteiger partial charge in [0.1, 0.15) is 5.69 Å². The Balaban J connectivity index is 1.51. The SMILES string of the molecule is O=[N+]([O-])c1cc(F)c(NC[C@@H]2CCCO2)cc1N1CCN(S(=O)(=O)c2ccccc2)CC1. The van der Waals surface area contributed by atoms with Crippen molar-refractivity contribution in [2.75, 3.05) is 49.5 Å². The van der Waals surface area contributed by atoms with Gasteiger partial charge in [-0.3, -0.25) is 10.1 Å². The number of sulfonamides is 1. The number of nitro benzene ring substituents is 1. The van der Waals surface area contributed by atoms with Crippen LogP contribution in [0.2, 0.25) is 0 Å². The molecule has 2 aliphatic rings. The molecular formula is C21H25FN4O5S. The summed E-state index contributed by atoms with van der Waals surface area (Å²) >= 11 is 0. The normalized spacial score (nSPS) is 19.8. The van der Waals surface area contributed by atoms with E-state index in [0.717, 1.165) is 18.9 Å². The predicted molar refractivity (Wildman–Crippen MR) is 118 cm³/mol. The van der Waals surface area contributed by atoms with Crippen molar-refractivity contribution in [1.29, 1.82) is 0 Å². The zero-order valence-electron chi connectivity index (χ0n) is 17.4. The first-order chi connectivity index (χ1) is 15.4. The van der Waals surface area contributed by atoms with Gasteiger partial charge in [0.15, 0.2) is 5.82 Å². The zero-order valence-corrected chi connectivity index (χ0v) is 18.3. The number of ether oxygens (including phenoxy) is 1. The molecule has 2 aromatic rings. The molecule has 0 aromatic heterocycles. The molecule has 1 atom stereocenters. The lowest BCUT2D eigenvalue weighted by molar-refractivity contribution is -0.384. The van der Waals surface area contributed by atoms with Crippen LogP contribution in [-0.4, -0.2) is 63.1 Å². The van der Waals surface area contributed by atoms with Crippen molar-refractivity contribution in [2.45, 2.75) is 23.8 Å². The fourth-order valence-corrected chi connectivity index (χ4v) is 5.47. The molecule has 2 aromatic carbocycles. The quantitative estimate of drug-likeness (QED) is 0.496. The molecule has 0 unspecified atom stereocenters. The second-order valence-electron chi connectivity index (χ2n) is 7.80. The topological polar surface area (TPSA) is 105 Å². The van der Waals surface area contributed by atoms with E-state index in [1.807, 2.05) is 0 Å². The fourth-order valence-electron chi connectivity index (χ4n) is 4.03. The number of nitrogens with zero attached hydrogens (tertiary/aromatic N) is 3. The number of hydrogen-bond donors (Lipinski definition) is 1. The molecule has 0 amide bonds. The molecule has 172 valence electrons. The molecule has 0 spiro atoms. The second-order valence-corrected chi connectivity index (χ2v) is 9.74. The summed E-state index contributed by atoms with van der Waals surface area (Å²) in [5, 5.41) is 14.6. The molecule has 0 radical (unpaired) electrons. The van der Waals surface area contributed by atoms with Crippen LogP contribution in [0.3, 0.4) is 0 Å². The van der Waals surface area contributed by atoms with E-state index in [1.165, 1.54) is 10.4 Å². The smallest absolute Gasteiger partial charge is 0.295 e. The van der Waals surface area contributed by atoms with Gasteiger partial charge in [0.05, 0.1) is 27.7 Å². The van der Waals surface area contributed by atoms with Crippen LogP contribution in [0, 0.1) is 15.9 Å². The zero-order chi connectivity index (χ0) is 22.7. The first kappa shape index (κ1) is 22.4. The highest BCUT2D eigenvalue weighted by atomic mass is 32.2. The van der Waals surface area contributed by atoms with E-state index in [9.17, 15) is 22.9 Å². The highest BCUT2D eigenvalue weighted by Gasteiger charge is 2.31. The summed E-state index contributed by atoms with van der Waals surface area (Å²) < 4.78 is 47.1. The van der Waals surface area contributed by atoms with Gasteiger partial charge in [0, 0.05) is 39.3 Å². The lowest BCUT2D eigenvalue weighted by Gasteiger charge is -2.35. The summed E-state index contributed by atoms with van der Waals surface area (Å²) in [5.41, 5.74) is 0.0907. The van der Waals surface area contributed by atoms with E-state index >= 15 is 0 Å². The monoisotopic (exact) mass is 464 g/mol. The van der Waals surface area contributed by atoms with Crippen molar-refractivity contribution in [3.63, 3.8) is 0 Å². The van der Waals surface area contributed by atoms with E-state index in [-0.39, 0.29) is 54.2 Å². The predicted octanol–water partition coefficient (Wildman–Crippen LogP) is 2.84. The number of halogens is 1. The van der Waals surface area contributed by atoms with Gasteiger partial charge in [-0.2, -0.15) is 4.31 Å². The van der Waals surface area contributed by atoms with Gasteiger partial charge in [0.25, 0.3) is 5.69 Å². The van der Waals surface area contributed by atoms with Crippen molar-refractivity contribution >= 4 is 27.1 Å². The van der Waals surface area contributed by atoms with Crippen LogP contribution in [0.5, 0.6) is 0 Å². The van der Waals surface area contributed by atoms with Gasteiger partial charge < -0.3 is 15.0 Å². The molecular weight excluding hydrogens is 439 g/mol. The number of anilines is 2. The third kappa shape index (κ3) is 4.69. The maximum absolute atomic E-state index is 14.5. The van der Waals surface area contributed by atoms with Crippen LogP contribution in [0.15, 0.2) is 47.4 Å². The number of hydrogen-bond acceptors (Lipinski definition) is 7. The average Bonchev–Trinajstić information content (AvgIpc) is 3.32. The Morgan fingerprint density at radius 2 is 1.88 bits per heavy atom. The highest BCUT2D eigenvalue weighted by Crippen LogP contribution is 2.34. The Bertz CT molecular complexity index is 1070. The molecule has 2 aliphatic heterocycles. The van der Waals surface area contributed by atoms with Gasteiger partial charge in [-0.05, 0) is 31.0 Å². The lowest BCUT2D eigenvalue weighted by atomic mass is 10.1. The van der Waals surface area contributed by atoms with E-state index < -0.39 is 20.8 Å². The maximum atomic E-state index is 14.5. The van der Waals surface area contributed by atoms with E-state index in [0.29, 0.717) is 13.2 Å². The van der Waals surface area contributed by atoms with E-state index in [1.54, 1.807) is 35.2 Å². The molecule has 1 N–H and O–H groups in total. The van der Waals surface area contributed by atoms with Crippen molar-refractivity contribution < 1.29 is 22.5 Å². The summed E-state index contributed by atoms with van der Waals surface area (Å²) in [6.07, 6.45) is 1.82. The number of nitro groups is 1. The van der Waals surface area contributed by atoms with E-state index in [2.05, 4.69) is 5.32 Å². The minimum Gasteiger partial charge on any atom is -0.380 e. The van der Waals surface area contributed by atoms with Gasteiger partial charge >= 0.3 is 0 Å². The standard InChI is InChI=1S/C21H25FN4O5S/c22-18-13-21(26(27)28)20(14-19(18)23-15-16-5-4-12-31-16)24-8-10-25(11-9-24)32(29,30)17-6-2-1-3-7-17/h1-3,6-7,13-14,16,23H,4-5,8-12,15H2/t16-/m0/s1. The molecule has 32 heavy (non-hydrogen) atoms. The second kappa shape index (κ2) is 9.39. The average molecular weight is 465 g/mol. The summed E-state index contributed by atoms with van der Waals surface area (Å²) in [5.74, 6) is -0.705. The summed E-state index contributed by atoms with van der Waals surface area (Å²) in [6, 6.07) is 10.5. The molecule has 0 saturated carbocycles. The summed E-state index contributed by atoms with van der Waals surface area (Å²) in [4.78, 5) is 12.9. The number of rotatable bonds is 7. The lowest BCUT2D eigenvalue weighted by Crippen LogP contribution is -2.48. The molecule has 0 bridgehead atoms. The Morgan fingerprint density at radius 1 is 1.16 bits per heavy atom. The third-order valence-corrected chi connectivity index (χ3v) is 7.68. The number of piperazine rings is 1. The largest absolute Gasteiger partial charge is 0.380 e. The Morgan fingerprint density at radius 3 is 2.50 bits per heavy atom. The highest BCUT2D eigenvalue weighted by molar-refractivity contribution is 7.89. The van der Waals surface area contributed by atoms with Gasteiger partial charge in [-0.1, -0.05) is 18.2 Å².